The van der Waals surface area contributed by atoms with E-state index in [1.807, 2.05) is 0 Å². The molecule has 2 heteroatoms. The van der Waals surface area contributed by atoms with Gasteiger partial charge in [-0.25, -0.2) is 0 Å². The maximum Gasteiger partial charge on any atom is 0.0195 e. The van der Waals surface area contributed by atoms with E-state index in [1.54, 1.807) is 0 Å². The lowest BCUT2D eigenvalue weighted by molar-refractivity contribution is 0.112. The molecule has 0 aromatic rings. The molecule has 0 aliphatic carbocycles. The second kappa shape index (κ2) is 7.29. The summed E-state index contributed by atoms with van der Waals surface area (Å²) >= 11 is 0. The van der Waals surface area contributed by atoms with E-state index in [1.165, 1.54) is 45.3 Å². The van der Waals surface area contributed by atoms with Crippen LogP contribution in [0, 0.1) is 5.92 Å². The fourth-order valence-electron chi connectivity index (χ4n) is 2.59. The van der Waals surface area contributed by atoms with Gasteiger partial charge in [0.15, 0.2) is 0 Å². The highest BCUT2D eigenvalue weighted by molar-refractivity contribution is 4.82. The van der Waals surface area contributed by atoms with Gasteiger partial charge in [0, 0.05) is 18.6 Å². The summed E-state index contributed by atoms with van der Waals surface area (Å²) in [6, 6.07) is 1.48. The van der Waals surface area contributed by atoms with E-state index < -0.39 is 0 Å². The van der Waals surface area contributed by atoms with Crippen LogP contribution < -0.4 is 5.32 Å². The molecule has 1 N–H and O–H groups in total. The maximum absolute atomic E-state index is 3.67. The van der Waals surface area contributed by atoms with Crippen molar-refractivity contribution in [3.05, 3.63) is 0 Å². The Hall–Kier alpha value is -0.0800. The molecule has 1 fully saturated rings. The van der Waals surface area contributed by atoms with E-state index in [9.17, 15) is 0 Å². The summed E-state index contributed by atoms with van der Waals surface area (Å²) in [4.78, 5) is 2.69. The van der Waals surface area contributed by atoms with Crippen molar-refractivity contribution in [3.63, 3.8) is 0 Å². The van der Waals surface area contributed by atoms with E-state index in [0.29, 0.717) is 0 Å². The van der Waals surface area contributed by atoms with Gasteiger partial charge in [0.2, 0.25) is 0 Å². The van der Waals surface area contributed by atoms with Crippen molar-refractivity contribution in [2.24, 2.45) is 5.92 Å². The van der Waals surface area contributed by atoms with Gasteiger partial charge in [-0.3, -0.25) is 4.90 Å². The molecule has 0 amide bonds. The Morgan fingerprint density at radius 3 is 2.69 bits per heavy atom. The van der Waals surface area contributed by atoms with Crippen molar-refractivity contribution in [2.45, 2.75) is 65.5 Å². The molecule has 3 atom stereocenters. The van der Waals surface area contributed by atoms with Crippen LogP contribution in [0.1, 0.15) is 53.4 Å². The maximum atomic E-state index is 3.67. The summed E-state index contributed by atoms with van der Waals surface area (Å²) in [5.74, 6) is 0.824. The number of nitrogens with zero attached hydrogens (tertiary/aromatic N) is 1. The van der Waals surface area contributed by atoms with Gasteiger partial charge in [-0.15, -0.1) is 0 Å². The lowest BCUT2D eigenvalue weighted by Crippen LogP contribution is -2.50. The van der Waals surface area contributed by atoms with E-state index in [-0.39, 0.29) is 0 Å². The molecule has 2 nitrogen and oxygen atoms in total. The smallest absolute Gasteiger partial charge is 0.0195 e. The molecule has 1 aliphatic heterocycles. The van der Waals surface area contributed by atoms with E-state index in [4.69, 9.17) is 0 Å². The molecule has 0 bridgehead atoms. The van der Waals surface area contributed by atoms with Crippen LogP contribution in [-0.4, -0.2) is 36.6 Å². The minimum absolute atomic E-state index is 0.736. The van der Waals surface area contributed by atoms with Crippen LogP contribution in [0.25, 0.3) is 0 Å². The predicted octanol–water partition coefficient (Wildman–Crippen LogP) is 2.89. The van der Waals surface area contributed by atoms with Crippen LogP contribution in [0.4, 0.5) is 0 Å². The molecule has 1 aliphatic rings. The van der Waals surface area contributed by atoms with Crippen LogP contribution in [0.5, 0.6) is 0 Å². The molecule has 0 radical (unpaired) electrons. The Bertz CT molecular complexity index is 182. The number of hydrogen-bond acceptors (Lipinski definition) is 2. The molecule has 0 saturated carbocycles. The third-order valence-electron chi connectivity index (χ3n) is 4.18. The Kier molecular flexibility index (Phi) is 6.37. The van der Waals surface area contributed by atoms with Crippen molar-refractivity contribution in [3.8, 4) is 0 Å². The topological polar surface area (TPSA) is 15.3 Å². The lowest BCUT2D eigenvalue weighted by Gasteiger charge is -2.39. The van der Waals surface area contributed by atoms with Gasteiger partial charge in [-0.2, -0.15) is 0 Å². The number of rotatable bonds is 6. The summed E-state index contributed by atoms with van der Waals surface area (Å²) in [7, 11) is 0. The molecular formula is C14H30N2. The minimum Gasteiger partial charge on any atom is -0.313 e. The highest BCUT2D eigenvalue weighted by Gasteiger charge is 2.25. The highest BCUT2D eigenvalue weighted by Crippen LogP contribution is 2.19. The Morgan fingerprint density at radius 2 is 2.06 bits per heavy atom. The van der Waals surface area contributed by atoms with Crippen LogP contribution in [0.2, 0.25) is 0 Å². The second-order valence-corrected chi connectivity index (χ2v) is 5.41. The fourth-order valence-corrected chi connectivity index (χ4v) is 2.59. The molecule has 96 valence electrons. The molecule has 1 rings (SSSR count). The Morgan fingerprint density at radius 1 is 1.31 bits per heavy atom. The van der Waals surface area contributed by atoms with Gasteiger partial charge in [0.1, 0.15) is 0 Å². The monoisotopic (exact) mass is 226 g/mol. The quantitative estimate of drug-likeness (QED) is 0.749. The first-order valence-corrected chi connectivity index (χ1v) is 7.16. The summed E-state index contributed by atoms with van der Waals surface area (Å²) in [5, 5.41) is 3.67. The van der Waals surface area contributed by atoms with Crippen molar-refractivity contribution in [1.82, 2.24) is 10.2 Å². The summed E-state index contributed by atoms with van der Waals surface area (Å²) < 4.78 is 0. The second-order valence-electron chi connectivity index (χ2n) is 5.41. The number of likely N-dealkylation sites (tertiary alicyclic amines) is 1. The first-order chi connectivity index (χ1) is 7.69. The zero-order valence-electron chi connectivity index (χ0n) is 11.6. The normalized spacial score (nSPS) is 26.6. The van der Waals surface area contributed by atoms with E-state index in [0.717, 1.165) is 18.0 Å². The van der Waals surface area contributed by atoms with Gasteiger partial charge in [0.05, 0.1) is 0 Å². The summed E-state index contributed by atoms with van der Waals surface area (Å²) in [6.45, 7) is 13.1. The molecule has 16 heavy (non-hydrogen) atoms. The van der Waals surface area contributed by atoms with Crippen LogP contribution >= 0.6 is 0 Å². The first kappa shape index (κ1) is 14.0. The number of hydrogen-bond donors (Lipinski definition) is 1. The summed E-state index contributed by atoms with van der Waals surface area (Å²) in [5.41, 5.74) is 0. The molecule has 0 aromatic heterocycles. The standard InChI is InChI=1S/C14H30N2/c1-5-9-15-14-8-7-10-16(11-14)13(4)12(3)6-2/h12-15H,5-11H2,1-4H3. The van der Waals surface area contributed by atoms with E-state index in [2.05, 4.69) is 37.9 Å². The fraction of sp³-hybridized carbons (Fsp3) is 1.00. The predicted molar refractivity (Wildman–Crippen MR) is 71.8 cm³/mol. The Labute approximate surface area is 102 Å². The number of piperidine rings is 1. The highest BCUT2D eigenvalue weighted by atomic mass is 15.2. The van der Waals surface area contributed by atoms with Gasteiger partial charge in [-0.1, -0.05) is 27.2 Å². The zero-order chi connectivity index (χ0) is 12.0. The number of nitrogens with one attached hydrogen (secondary N) is 1. The van der Waals surface area contributed by atoms with Gasteiger partial charge in [-0.05, 0) is 45.2 Å². The Balaban J connectivity index is 2.37. The average molecular weight is 226 g/mol. The first-order valence-electron chi connectivity index (χ1n) is 7.16. The lowest BCUT2D eigenvalue weighted by atomic mass is 9.95. The van der Waals surface area contributed by atoms with Crippen molar-refractivity contribution in [2.75, 3.05) is 19.6 Å². The van der Waals surface area contributed by atoms with E-state index >= 15 is 0 Å². The largest absolute Gasteiger partial charge is 0.313 e. The molecule has 3 unspecified atom stereocenters. The van der Waals surface area contributed by atoms with Crippen molar-refractivity contribution < 1.29 is 0 Å². The third-order valence-corrected chi connectivity index (χ3v) is 4.18. The molecule has 1 saturated heterocycles. The average Bonchev–Trinajstić information content (AvgIpc) is 2.34. The van der Waals surface area contributed by atoms with Crippen LogP contribution in [0.15, 0.2) is 0 Å². The molecule has 0 aromatic carbocycles. The van der Waals surface area contributed by atoms with Crippen molar-refractivity contribution in [1.29, 1.82) is 0 Å². The van der Waals surface area contributed by atoms with Crippen molar-refractivity contribution >= 4 is 0 Å². The van der Waals surface area contributed by atoms with Gasteiger partial charge in [0.25, 0.3) is 0 Å². The third kappa shape index (κ3) is 4.06. The molecular weight excluding hydrogens is 196 g/mol. The minimum atomic E-state index is 0.736. The van der Waals surface area contributed by atoms with Gasteiger partial charge < -0.3 is 5.32 Å². The van der Waals surface area contributed by atoms with Crippen LogP contribution in [-0.2, 0) is 0 Å². The summed E-state index contributed by atoms with van der Waals surface area (Å²) in [6.07, 6.45) is 5.27. The molecule has 1 heterocycles. The SMILES string of the molecule is CCCNC1CCCN(C(C)C(C)CC)C1. The zero-order valence-corrected chi connectivity index (χ0v) is 11.6. The van der Waals surface area contributed by atoms with Gasteiger partial charge >= 0.3 is 0 Å². The van der Waals surface area contributed by atoms with Crippen LogP contribution in [0.3, 0.4) is 0 Å². The molecule has 0 spiro atoms.